The van der Waals surface area contributed by atoms with Crippen molar-refractivity contribution < 1.29 is 9.80 Å². The maximum atomic E-state index is 4.47. The van der Waals surface area contributed by atoms with E-state index in [0.717, 1.165) is 12.4 Å². The van der Waals surface area contributed by atoms with Gasteiger partial charge in [-0.25, -0.2) is 4.68 Å². The summed E-state index contributed by atoms with van der Waals surface area (Å²) < 4.78 is 2.16. The lowest BCUT2D eigenvalue weighted by atomic mass is 10.00. The van der Waals surface area contributed by atoms with E-state index in [0.29, 0.717) is 18.0 Å². The van der Waals surface area contributed by atoms with E-state index in [1.807, 2.05) is 6.08 Å². The highest BCUT2D eigenvalue weighted by molar-refractivity contribution is 4.93. The molecule has 1 aromatic rings. The molecule has 0 radical (unpaired) electrons. The number of hydrogen-bond acceptors (Lipinski definition) is 3. The van der Waals surface area contributed by atoms with Crippen LogP contribution >= 0.6 is 0 Å². The molecule has 0 unspecified atom stereocenters. The third-order valence-electron chi connectivity index (χ3n) is 5.61. The van der Waals surface area contributed by atoms with Gasteiger partial charge in [-0.1, -0.05) is 33.3 Å². The molecule has 1 saturated carbocycles. The van der Waals surface area contributed by atoms with Crippen molar-refractivity contribution in [2.24, 2.45) is 5.92 Å². The standard InChI is InChI=1S/C17H30N6/c1-4-9-21-10-12-22(13-11-21)16(14(2)3)17-18-19-20-23(17)15-7-5-6-8-15/h4,14-16H,1,5-13H2,2-3H3/p+2/t16-/m0/s1. The van der Waals surface area contributed by atoms with Crippen LogP contribution in [0.25, 0.3) is 0 Å². The second-order valence-corrected chi connectivity index (χ2v) is 7.54. The van der Waals surface area contributed by atoms with Gasteiger partial charge in [0.25, 0.3) is 0 Å². The molecule has 2 aliphatic rings. The Balaban J connectivity index is 1.75. The highest BCUT2D eigenvalue weighted by atomic mass is 15.6. The molecular weight excluding hydrogens is 288 g/mol. The van der Waals surface area contributed by atoms with Gasteiger partial charge in [-0.3, -0.25) is 0 Å². The molecule has 6 heteroatoms. The number of nitrogens with zero attached hydrogens (tertiary/aromatic N) is 4. The summed E-state index contributed by atoms with van der Waals surface area (Å²) in [5.74, 6) is 1.67. The maximum absolute atomic E-state index is 4.47. The summed E-state index contributed by atoms with van der Waals surface area (Å²) >= 11 is 0. The number of hydrogen-bond donors (Lipinski definition) is 2. The first-order valence-corrected chi connectivity index (χ1v) is 9.27. The van der Waals surface area contributed by atoms with Gasteiger partial charge < -0.3 is 9.80 Å². The molecule has 23 heavy (non-hydrogen) atoms. The van der Waals surface area contributed by atoms with Gasteiger partial charge in [0.15, 0.2) is 6.04 Å². The second kappa shape index (κ2) is 7.53. The molecule has 3 rings (SSSR count). The van der Waals surface area contributed by atoms with Gasteiger partial charge in [0.1, 0.15) is 26.2 Å². The van der Waals surface area contributed by atoms with E-state index < -0.39 is 0 Å². The first-order valence-electron chi connectivity index (χ1n) is 9.27. The van der Waals surface area contributed by atoms with E-state index in [2.05, 4.69) is 40.6 Å². The van der Waals surface area contributed by atoms with Crippen molar-refractivity contribution in [3.05, 3.63) is 18.5 Å². The summed E-state index contributed by atoms with van der Waals surface area (Å²) in [6, 6.07) is 0.934. The Morgan fingerprint density at radius 3 is 2.52 bits per heavy atom. The molecule has 1 aromatic heterocycles. The van der Waals surface area contributed by atoms with Crippen LogP contribution in [0.2, 0.25) is 0 Å². The van der Waals surface area contributed by atoms with Gasteiger partial charge in [0.2, 0.25) is 5.82 Å². The van der Waals surface area contributed by atoms with Gasteiger partial charge in [-0.05, 0) is 29.3 Å². The summed E-state index contributed by atoms with van der Waals surface area (Å²) in [4.78, 5) is 3.31. The van der Waals surface area contributed by atoms with Crippen LogP contribution in [0.5, 0.6) is 0 Å². The van der Waals surface area contributed by atoms with Crippen molar-refractivity contribution in [1.82, 2.24) is 20.2 Å². The van der Waals surface area contributed by atoms with E-state index in [1.165, 1.54) is 51.9 Å². The molecule has 0 amide bonds. The van der Waals surface area contributed by atoms with Crippen molar-refractivity contribution in [2.45, 2.75) is 51.6 Å². The number of nitrogens with one attached hydrogen (secondary N) is 2. The molecule has 2 heterocycles. The monoisotopic (exact) mass is 320 g/mol. The molecule has 0 spiro atoms. The zero-order valence-corrected chi connectivity index (χ0v) is 14.7. The minimum absolute atomic E-state index is 0.413. The Kier molecular flexibility index (Phi) is 5.43. The molecule has 0 bridgehead atoms. The minimum atomic E-state index is 0.413. The Hall–Kier alpha value is -1.27. The van der Waals surface area contributed by atoms with Crippen LogP contribution in [0.3, 0.4) is 0 Å². The summed E-state index contributed by atoms with van der Waals surface area (Å²) in [6.07, 6.45) is 7.13. The van der Waals surface area contributed by atoms with Crippen LogP contribution in [0.4, 0.5) is 0 Å². The Morgan fingerprint density at radius 1 is 1.22 bits per heavy atom. The zero-order chi connectivity index (χ0) is 16.2. The van der Waals surface area contributed by atoms with Crippen molar-refractivity contribution in [2.75, 3.05) is 32.7 Å². The van der Waals surface area contributed by atoms with Gasteiger partial charge in [-0.15, -0.1) is 5.10 Å². The van der Waals surface area contributed by atoms with E-state index in [-0.39, 0.29) is 0 Å². The lowest BCUT2D eigenvalue weighted by Gasteiger charge is -2.35. The lowest BCUT2D eigenvalue weighted by Crippen LogP contribution is -3.28. The number of aromatic nitrogens is 4. The third-order valence-corrected chi connectivity index (χ3v) is 5.61. The summed E-state index contributed by atoms with van der Waals surface area (Å²) in [7, 11) is 0. The van der Waals surface area contributed by atoms with E-state index in [9.17, 15) is 0 Å². The van der Waals surface area contributed by atoms with Crippen LogP contribution in [-0.2, 0) is 0 Å². The molecule has 1 saturated heterocycles. The molecule has 128 valence electrons. The molecule has 6 nitrogen and oxygen atoms in total. The average Bonchev–Trinajstić information content (AvgIpc) is 3.20. The SMILES string of the molecule is C=CC[NH+]1CC[NH+]([C@H](c2nnnn2C2CCCC2)C(C)C)CC1. The second-order valence-electron chi connectivity index (χ2n) is 7.54. The van der Waals surface area contributed by atoms with E-state index >= 15 is 0 Å². The fourth-order valence-electron chi connectivity index (χ4n) is 4.41. The number of quaternary nitrogens is 2. The average molecular weight is 320 g/mol. The third kappa shape index (κ3) is 3.63. The molecule has 2 fully saturated rings. The first kappa shape index (κ1) is 16.6. The normalized spacial score (nSPS) is 27.4. The number of rotatable bonds is 6. The van der Waals surface area contributed by atoms with Crippen LogP contribution in [-0.4, -0.2) is 52.9 Å². The van der Waals surface area contributed by atoms with Crippen molar-refractivity contribution in [1.29, 1.82) is 0 Å². The largest absolute Gasteiger partial charge is 0.322 e. The Morgan fingerprint density at radius 2 is 1.91 bits per heavy atom. The van der Waals surface area contributed by atoms with Crippen molar-refractivity contribution in [3.63, 3.8) is 0 Å². The van der Waals surface area contributed by atoms with Gasteiger partial charge in [-0.2, -0.15) is 0 Å². The van der Waals surface area contributed by atoms with Crippen LogP contribution in [0, 0.1) is 5.92 Å². The van der Waals surface area contributed by atoms with Crippen molar-refractivity contribution >= 4 is 0 Å². The fourth-order valence-corrected chi connectivity index (χ4v) is 4.41. The predicted molar refractivity (Wildman–Crippen MR) is 89.4 cm³/mol. The topological polar surface area (TPSA) is 52.5 Å². The molecule has 1 aliphatic carbocycles. The van der Waals surface area contributed by atoms with Crippen LogP contribution in [0.15, 0.2) is 12.7 Å². The lowest BCUT2D eigenvalue weighted by molar-refractivity contribution is -1.03. The zero-order valence-electron chi connectivity index (χ0n) is 14.7. The molecule has 1 aliphatic heterocycles. The van der Waals surface area contributed by atoms with Gasteiger partial charge in [0.05, 0.1) is 12.6 Å². The van der Waals surface area contributed by atoms with Crippen molar-refractivity contribution in [3.8, 4) is 0 Å². The smallest absolute Gasteiger partial charge is 0.209 e. The Labute approximate surface area is 139 Å². The first-order chi connectivity index (χ1) is 11.2. The van der Waals surface area contributed by atoms with Crippen LogP contribution < -0.4 is 9.80 Å². The quantitative estimate of drug-likeness (QED) is 0.692. The highest BCUT2D eigenvalue weighted by Gasteiger charge is 2.37. The predicted octanol–water partition coefficient (Wildman–Crippen LogP) is -0.545. The maximum Gasteiger partial charge on any atom is 0.209 e. The van der Waals surface area contributed by atoms with Crippen LogP contribution in [0.1, 0.15) is 57.4 Å². The van der Waals surface area contributed by atoms with Gasteiger partial charge >= 0.3 is 0 Å². The highest BCUT2D eigenvalue weighted by Crippen LogP contribution is 2.31. The van der Waals surface area contributed by atoms with E-state index in [1.54, 1.807) is 9.80 Å². The van der Waals surface area contributed by atoms with E-state index in [4.69, 9.17) is 0 Å². The molecule has 0 aromatic carbocycles. The molecular formula is C17H32N6+2. The fraction of sp³-hybridized carbons (Fsp3) is 0.824. The molecule has 2 N–H and O–H groups in total. The summed E-state index contributed by atoms with van der Waals surface area (Å²) in [5, 5.41) is 12.9. The van der Waals surface area contributed by atoms with Gasteiger partial charge in [0, 0.05) is 5.92 Å². The molecule has 1 atom stereocenters. The number of tetrazole rings is 1. The summed E-state index contributed by atoms with van der Waals surface area (Å²) in [6.45, 7) is 14.4. The number of piperazine rings is 1. The minimum Gasteiger partial charge on any atom is -0.322 e. The summed E-state index contributed by atoms with van der Waals surface area (Å²) in [5.41, 5.74) is 0. The Bertz CT molecular complexity index is 497.